The fourth-order valence-electron chi connectivity index (χ4n) is 1.81. The van der Waals surface area contributed by atoms with Crippen LogP contribution in [0.2, 0.25) is 5.02 Å². The zero-order valence-electron chi connectivity index (χ0n) is 10.8. The molecule has 0 amide bonds. The number of nitrogens with zero attached hydrogens (tertiary/aromatic N) is 2. The van der Waals surface area contributed by atoms with Crippen molar-refractivity contribution in [3.63, 3.8) is 0 Å². The van der Waals surface area contributed by atoms with Crippen LogP contribution in [0.1, 0.15) is 31.3 Å². The lowest BCUT2D eigenvalue weighted by Gasteiger charge is -2.11. The first-order chi connectivity index (χ1) is 9.17. The molecule has 1 aromatic carbocycles. The van der Waals surface area contributed by atoms with Crippen LogP contribution in [0.25, 0.3) is 10.6 Å². The summed E-state index contributed by atoms with van der Waals surface area (Å²) in [6, 6.07) is 4.90. The minimum absolute atomic E-state index is 0.0988. The molecule has 2 rings (SSSR count). The summed E-state index contributed by atoms with van der Waals surface area (Å²) in [6.45, 7) is 5.01. The molecule has 0 spiro atoms. The van der Waals surface area contributed by atoms with Crippen molar-refractivity contribution in [3.8, 4) is 10.6 Å². The van der Waals surface area contributed by atoms with E-state index in [0.29, 0.717) is 10.6 Å². The van der Waals surface area contributed by atoms with Crippen LogP contribution in [0.3, 0.4) is 0 Å². The molecule has 0 aliphatic rings. The van der Waals surface area contributed by atoms with Crippen LogP contribution in [0.15, 0.2) is 18.2 Å². The Morgan fingerprint density at radius 1 is 1.37 bits per heavy atom. The van der Waals surface area contributed by atoms with Gasteiger partial charge in [0.05, 0.1) is 11.1 Å². The fourth-order valence-corrected chi connectivity index (χ4v) is 3.11. The van der Waals surface area contributed by atoms with E-state index in [-0.39, 0.29) is 11.1 Å². The molecule has 1 aromatic heterocycles. The third-order valence-electron chi connectivity index (χ3n) is 2.78. The summed E-state index contributed by atoms with van der Waals surface area (Å²) in [5.74, 6) is -0.436. The van der Waals surface area contributed by atoms with Crippen molar-refractivity contribution >= 4 is 22.9 Å². The van der Waals surface area contributed by atoms with Crippen LogP contribution in [0.5, 0.6) is 0 Å². The van der Waals surface area contributed by atoms with E-state index in [1.165, 1.54) is 17.4 Å². The second-order valence-electron chi connectivity index (χ2n) is 4.07. The Hall–Kier alpha value is -1.04. The molecular formula is C13H15ClFN3S. The van der Waals surface area contributed by atoms with Crippen molar-refractivity contribution in [1.82, 2.24) is 15.5 Å². The quantitative estimate of drug-likeness (QED) is 0.905. The molecule has 0 saturated heterocycles. The van der Waals surface area contributed by atoms with Crippen LogP contribution in [0.4, 0.5) is 4.39 Å². The summed E-state index contributed by atoms with van der Waals surface area (Å²) >= 11 is 7.41. The molecule has 0 radical (unpaired) electrons. The first-order valence-corrected chi connectivity index (χ1v) is 7.38. The van der Waals surface area contributed by atoms with E-state index in [4.69, 9.17) is 11.6 Å². The smallest absolute Gasteiger partial charge is 0.149 e. The lowest BCUT2D eigenvalue weighted by molar-refractivity contribution is 0.531. The highest BCUT2D eigenvalue weighted by Crippen LogP contribution is 2.33. The molecule has 6 heteroatoms. The first-order valence-electron chi connectivity index (χ1n) is 6.18. The van der Waals surface area contributed by atoms with Gasteiger partial charge in [-0.25, -0.2) is 4.39 Å². The van der Waals surface area contributed by atoms with Crippen LogP contribution < -0.4 is 5.32 Å². The lowest BCUT2D eigenvalue weighted by atomic mass is 10.2. The molecule has 1 heterocycles. The lowest BCUT2D eigenvalue weighted by Crippen LogP contribution is -2.19. The van der Waals surface area contributed by atoms with Crippen molar-refractivity contribution in [2.75, 3.05) is 6.54 Å². The van der Waals surface area contributed by atoms with E-state index in [2.05, 4.69) is 22.4 Å². The SMILES string of the molecule is CCNC(CC)c1nnc(-c2cccc(F)c2Cl)s1. The van der Waals surface area contributed by atoms with E-state index in [1.54, 1.807) is 12.1 Å². The number of aromatic nitrogens is 2. The highest BCUT2D eigenvalue weighted by atomic mass is 35.5. The molecule has 0 aliphatic heterocycles. The molecular weight excluding hydrogens is 285 g/mol. The van der Waals surface area contributed by atoms with Crippen LogP contribution in [-0.2, 0) is 0 Å². The number of nitrogens with one attached hydrogen (secondary N) is 1. The second kappa shape index (κ2) is 6.41. The van der Waals surface area contributed by atoms with Gasteiger partial charge in [0.15, 0.2) is 0 Å². The normalized spacial score (nSPS) is 12.6. The van der Waals surface area contributed by atoms with Crippen molar-refractivity contribution in [1.29, 1.82) is 0 Å². The molecule has 19 heavy (non-hydrogen) atoms. The van der Waals surface area contributed by atoms with E-state index in [1.807, 2.05) is 6.92 Å². The second-order valence-corrected chi connectivity index (χ2v) is 5.45. The van der Waals surface area contributed by atoms with Crippen LogP contribution in [0, 0.1) is 5.82 Å². The van der Waals surface area contributed by atoms with Crippen molar-refractivity contribution in [3.05, 3.63) is 34.0 Å². The maximum Gasteiger partial charge on any atom is 0.149 e. The summed E-state index contributed by atoms with van der Waals surface area (Å²) in [4.78, 5) is 0. The molecule has 0 fully saturated rings. The van der Waals surface area contributed by atoms with Gasteiger partial charge in [-0.2, -0.15) is 0 Å². The van der Waals surface area contributed by atoms with Gasteiger partial charge in [-0.3, -0.25) is 0 Å². The summed E-state index contributed by atoms with van der Waals surface area (Å²) in [6.07, 6.45) is 0.930. The Morgan fingerprint density at radius 2 is 2.16 bits per heavy atom. The van der Waals surface area contributed by atoms with Gasteiger partial charge in [0, 0.05) is 5.56 Å². The summed E-state index contributed by atoms with van der Waals surface area (Å²) < 4.78 is 13.4. The zero-order valence-corrected chi connectivity index (χ0v) is 12.4. The predicted molar refractivity (Wildman–Crippen MR) is 77.0 cm³/mol. The van der Waals surface area contributed by atoms with Crippen molar-refractivity contribution in [2.45, 2.75) is 26.3 Å². The first kappa shape index (κ1) is 14.4. The average molecular weight is 300 g/mol. The molecule has 0 saturated carbocycles. The van der Waals surface area contributed by atoms with Gasteiger partial charge in [0.1, 0.15) is 15.8 Å². The summed E-state index contributed by atoms with van der Waals surface area (Å²) in [7, 11) is 0. The van der Waals surface area contributed by atoms with Gasteiger partial charge < -0.3 is 5.32 Å². The topological polar surface area (TPSA) is 37.8 Å². The maximum atomic E-state index is 13.4. The van der Waals surface area contributed by atoms with E-state index in [9.17, 15) is 4.39 Å². The standard InChI is InChI=1S/C13H15ClFN3S/c1-3-10(16-4-2)13-18-17-12(19-13)8-6-5-7-9(15)11(8)14/h5-7,10,16H,3-4H2,1-2H3. The molecule has 1 N–H and O–H groups in total. The maximum absolute atomic E-state index is 13.4. The molecule has 102 valence electrons. The Kier molecular flexibility index (Phi) is 4.85. The molecule has 1 atom stereocenters. The summed E-state index contributed by atoms with van der Waals surface area (Å²) in [5.41, 5.74) is 0.594. The van der Waals surface area contributed by atoms with Gasteiger partial charge in [-0.05, 0) is 19.0 Å². The Morgan fingerprint density at radius 3 is 2.84 bits per heavy atom. The zero-order chi connectivity index (χ0) is 13.8. The Labute approximate surface area is 120 Å². The third-order valence-corrected chi connectivity index (χ3v) is 4.23. The molecule has 2 aromatic rings. The number of hydrogen-bond acceptors (Lipinski definition) is 4. The fraction of sp³-hybridized carbons (Fsp3) is 0.385. The molecule has 3 nitrogen and oxygen atoms in total. The highest BCUT2D eigenvalue weighted by Gasteiger charge is 2.17. The minimum Gasteiger partial charge on any atom is -0.308 e. The van der Waals surface area contributed by atoms with Gasteiger partial charge in [0.25, 0.3) is 0 Å². The Balaban J connectivity index is 2.32. The predicted octanol–water partition coefficient (Wildman–Crippen LogP) is 4.06. The number of halogens is 2. The van der Waals surface area contributed by atoms with E-state index < -0.39 is 5.82 Å². The molecule has 0 aliphatic carbocycles. The van der Waals surface area contributed by atoms with Gasteiger partial charge >= 0.3 is 0 Å². The molecule has 0 bridgehead atoms. The number of benzene rings is 1. The van der Waals surface area contributed by atoms with Crippen molar-refractivity contribution < 1.29 is 4.39 Å². The summed E-state index contributed by atoms with van der Waals surface area (Å²) in [5, 5.41) is 13.3. The Bertz CT molecular complexity index is 559. The van der Waals surface area contributed by atoms with E-state index in [0.717, 1.165) is 18.0 Å². The average Bonchev–Trinajstić information content (AvgIpc) is 2.88. The molecule has 1 unspecified atom stereocenters. The van der Waals surface area contributed by atoms with Crippen molar-refractivity contribution in [2.24, 2.45) is 0 Å². The minimum atomic E-state index is -0.436. The number of rotatable bonds is 5. The monoisotopic (exact) mass is 299 g/mol. The van der Waals surface area contributed by atoms with Gasteiger partial charge in [-0.15, -0.1) is 10.2 Å². The van der Waals surface area contributed by atoms with E-state index >= 15 is 0 Å². The largest absolute Gasteiger partial charge is 0.308 e. The van der Waals surface area contributed by atoms with Crippen LogP contribution >= 0.6 is 22.9 Å². The third kappa shape index (κ3) is 3.11. The van der Waals surface area contributed by atoms with Gasteiger partial charge in [-0.1, -0.05) is 48.9 Å². The highest BCUT2D eigenvalue weighted by molar-refractivity contribution is 7.14. The van der Waals surface area contributed by atoms with Gasteiger partial charge in [0.2, 0.25) is 0 Å². The van der Waals surface area contributed by atoms with Crippen LogP contribution in [-0.4, -0.2) is 16.7 Å². The number of hydrogen-bond donors (Lipinski definition) is 1.